The summed E-state index contributed by atoms with van der Waals surface area (Å²) in [6.45, 7) is 0. The van der Waals surface area contributed by atoms with E-state index in [-0.39, 0.29) is 11.4 Å². The average Bonchev–Trinajstić information content (AvgIpc) is 2.19. The van der Waals surface area contributed by atoms with Gasteiger partial charge < -0.3 is 9.84 Å². The van der Waals surface area contributed by atoms with Crippen LogP contribution in [-0.4, -0.2) is 23.2 Å². The summed E-state index contributed by atoms with van der Waals surface area (Å²) in [6.07, 6.45) is -3.30. The monoisotopic (exact) mass is 343 g/mol. The zero-order valence-electron chi connectivity index (χ0n) is 8.21. The van der Waals surface area contributed by atoms with Crippen molar-refractivity contribution in [1.82, 2.24) is 4.98 Å². The topological polar surface area (TPSA) is 59.4 Å². The Morgan fingerprint density at radius 2 is 2.31 bits per heavy atom. The van der Waals surface area contributed by atoms with Crippen LogP contribution in [0, 0.1) is 3.57 Å². The van der Waals surface area contributed by atoms with E-state index in [2.05, 4.69) is 4.98 Å². The largest absolute Gasteiger partial charge is 0.481 e. The molecule has 1 aromatic heterocycles. The minimum absolute atomic E-state index is 0.0314. The number of hydrogen-bond acceptors (Lipinski definition) is 3. The average molecular weight is 343 g/mol. The zero-order chi connectivity index (χ0) is 12.3. The van der Waals surface area contributed by atoms with Crippen molar-refractivity contribution in [2.24, 2.45) is 0 Å². The molecule has 0 aliphatic rings. The minimum atomic E-state index is -2.82. The number of hydrogen-bond donors (Lipinski definition) is 1. The van der Waals surface area contributed by atoms with Crippen molar-refractivity contribution >= 4 is 28.6 Å². The van der Waals surface area contributed by atoms with Crippen LogP contribution >= 0.6 is 22.6 Å². The molecule has 7 heteroatoms. The van der Waals surface area contributed by atoms with Crippen LogP contribution in [0.1, 0.15) is 17.7 Å². The van der Waals surface area contributed by atoms with Crippen LogP contribution in [-0.2, 0) is 11.2 Å². The molecule has 4 nitrogen and oxygen atoms in total. The van der Waals surface area contributed by atoms with E-state index in [1.807, 2.05) is 0 Å². The number of halogens is 3. The van der Waals surface area contributed by atoms with E-state index < -0.39 is 24.5 Å². The van der Waals surface area contributed by atoms with Gasteiger partial charge >= 0.3 is 5.97 Å². The predicted octanol–water partition coefficient (Wildman–Crippen LogP) is 2.26. The molecule has 0 bridgehead atoms. The summed E-state index contributed by atoms with van der Waals surface area (Å²) in [4.78, 5) is 14.1. The summed E-state index contributed by atoms with van der Waals surface area (Å²) in [5, 5.41) is 8.62. The lowest BCUT2D eigenvalue weighted by Gasteiger charge is -2.10. The van der Waals surface area contributed by atoms with Gasteiger partial charge in [-0.1, -0.05) is 0 Å². The molecule has 0 fully saturated rings. The first-order chi connectivity index (χ1) is 7.45. The maximum absolute atomic E-state index is 12.7. The molecule has 0 amide bonds. The molecule has 0 aromatic carbocycles. The third-order valence-electron chi connectivity index (χ3n) is 1.82. The molecule has 88 valence electrons. The van der Waals surface area contributed by atoms with Crippen LogP contribution < -0.4 is 4.74 Å². The molecule has 16 heavy (non-hydrogen) atoms. The van der Waals surface area contributed by atoms with Gasteiger partial charge in [-0.05, 0) is 22.6 Å². The number of carbonyl (C=O) groups is 1. The van der Waals surface area contributed by atoms with Gasteiger partial charge in [0.2, 0.25) is 5.88 Å². The molecule has 1 heterocycles. The molecule has 0 unspecified atom stereocenters. The van der Waals surface area contributed by atoms with Crippen molar-refractivity contribution in [2.45, 2.75) is 12.8 Å². The lowest BCUT2D eigenvalue weighted by molar-refractivity contribution is -0.136. The molecule has 0 aliphatic heterocycles. The smallest absolute Gasteiger partial charge is 0.307 e. The van der Waals surface area contributed by atoms with Gasteiger partial charge in [-0.3, -0.25) is 4.79 Å². The number of alkyl halides is 2. The Hall–Kier alpha value is -0.990. The summed E-state index contributed by atoms with van der Waals surface area (Å²) >= 11 is 1.78. The van der Waals surface area contributed by atoms with Gasteiger partial charge in [0.25, 0.3) is 6.43 Å². The van der Waals surface area contributed by atoms with E-state index >= 15 is 0 Å². The number of aliphatic carboxylic acids is 1. The first-order valence-corrected chi connectivity index (χ1v) is 5.26. The number of nitrogens with zero attached hydrogens (tertiary/aromatic N) is 1. The minimum Gasteiger partial charge on any atom is -0.481 e. The Kier molecular flexibility index (Phi) is 4.39. The SMILES string of the molecule is COc1cc(I)c(CC(=O)O)c(C(F)F)n1. The number of methoxy groups -OCH3 is 1. The Labute approximate surface area is 104 Å². The van der Waals surface area contributed by atoms with Crippen molar-refractivity contribution < 1.29 is 23.4 Å². The van der Waals surface area contributed by atoms with Crippen LogP contribution in [0.25, 0.3) is 0 Å². The molecule has 0 spiro atoms. The molecular weight excluding hydrogens is 335 g/mol. The summed E-state index contributed by atoms with van der Waals surface area (Å²) in [5.41, 5.74) is -0.505. The first-order valence-electron chi connectivity index (χ1n) is 4.19. The highest BCUT2D eigenvalue weighted by molar-refractivity contribution is 14.1. The second-order valence-electron chi connectivity index (χ2n) is 2.88. The Bertz CT molecular complexity index is 412. The number of carboxylic acids is 1. The lowest BCUT2D eigenvalue weighted by atomic mass is 10.1. The number of ether oxygens (including phenoxy) is 1. The fourth-order valence-electron chi connectivity index (χ4n) is 1.15. The molecule has 1 rings (SSSR count). The van der Waals surface area contributed by atoms with Gasteiger partial charge in [-0.2, -0.15) is 0 Å². The summed E-state index contributed by atoms with van der Waals surface area (Å²) < 4.78 is 30.5. The van der Waals surface area contributed by atoms with Crippen LogP contribution in [0.2, 0.25) is 0 Å². The van der Waals surface area contributed by atoms with Crippen molar-refractivity contribution in [3.05, 3.63) is 20.9 Å². The Morgan fingerprint density at radius 1 is 1.69 bits per heavy atom. The predicted molar refractivity (Wildman–Crippen MR) is 59.8 cm³/mol. The van der Waals surface area contributed by atoms with Gasteiger partial charge in [0.1, 0.15) is 5.69 Å². The second-order valence-corrected chi connectivity index (χ2v) is 4.04. The third-order valence-corrected chi connectivity index (χ3v) is 2.78. The second kappa shape index (κ2) is 5.37. The molecular formula is C9H8F2INO3. The fourth-order valence-corrected chi connectivity index (χ4v) is 1.88. The molecule has 0 aliphatic carbocycles. The van der Waals surface area contributed by atoms with Gasteiger partial charge in [0.15, 0.2) is 0 Å². The van der Waals surface area contributed by atoms with Crippen molar-refractivity contribution in [2.75, 3.05) is 7.11 Å². The maximum atomic E-state index is 12.7. The number of rotatable bonds is 4. The van der Waals surface area contributed by atoms with Crippen LogP contribution in [0.15, 0.2) is 6.07 Å². The number of aromatic nitrogens is 1. The van der Waals surface area contributed by atoms with E-state index in [1.165, 1.54) is 13.2 Å². The lowest BCUT2D eigenvalue weighted by Crippen LogP contribution is -2.09. The molecule has 0 saturated carbocycles. The molecule has 0 atom stereocenters. The van der Waals surface area contributed by atoms with Crippen LogP contribution in [0.3, 0.4) is 0 Å². The molecule has 1 aromatic rings. The normalized spacial score (nSPS) is 10.6. The van der Waals surface area contributed by atoms with Gasteiger partial charge in [0, 0.05) is 15.2 Å². The standard InChI is InChI=1S/C9H8F2INO3/c1-16-6-3-5(12)4(2-7(14)15)8(13-6)9(10)11/h3,9H,2H2,1H3,(H,14,15). The summed E-state index contributed by atoms with van der Waals surface area (Å²) in [6, 6.07) is 1.42. The van der Waals surface area contributed by atoms with Crippen molar-refractivity contribution in [3.63, 3.8) is 0 Å². The highest BCUT2D eigenvalue weighted by Gasteiger charge is 2.21. The van der Waals surface area contributed by atoms with Crippen LogP contribution in [0.4, 0.5) is 8.78 Å². The highest BCUT2D eigenvalue weighted by Crippen LogP contribution is 2.28. The highest BCUT2D eigenvalue weighted by atomic mass is 127. The van der Waals surface area contributed by atoms with E-state index in [4.69, 9.17) is 9.84 Å². The van der Waals surface area contributed by atoms with Gasteiger partial charge in [-0.25, -0.2) is 13.8 Å². The molecule has 1 N–H and O–H groups in total. The number of pyridine rings is 1. The summed E-state index contributed by atoms with van der Waals surface area (Å²) in [7, 11) is 1.31. The third kappa shape index (κ3) is 3.00. The van der Waals surface area contributed by atoms with E-state index in [0.29, 0.717) is 3.57 Å². The van der Waals surface area contributed by atoms with E-state index in [9.17, 15) is 13.6 Å². The van der Waals surface area contributed by atoms with Crippen molar-refractivity contribution in [3.8, 4) is 5.88 Å². The molecule has 0 saturated heterocycles. The summed E-state index contributed by atoms with van der Waals surface area (Å²) in [5.74, 6) is -1.12. The first kappa shape index (κ1) is 13.1. The molecule has 0 radical (unpaired) electrons. The van der Waals surface area contributed by atoms with Gasteiger partial charge in [0.05, 0.1) is 13.5 Å². The quantitative estimate of drug-likeness (QED) is 0.852. The number of carboxylic acid groups (broad SMARTS) is 1. The van der Waals surface area contributed by atoms with Gasteiger partial charge in [-0.15, -0.1) is 0 Å². The van der Waals surface area contributed by atoms with Crippen LogP contribution in [0.5, 0.6) is 5.88 Å². The zero-order valence-corrected chi connectivity index (χ0v) is 10.4. The fraction of sp³-hybridized carbons (Fsp3) is 0.333. The Balaban J connectivity index is 3.27. The maximum Gasteiger partial charge on any atom is 0.307 e. The van der Waals surface area contributed by atoms with E-state index in [1.54, 1.807) is 22.6 Å². The Morgan fingerprint density at radius 3 is 2.75 bits per heavy atom. The van der Waals surface area contributed by atoms with Crippen molar-refractivity contribution in [1.29, 1.82) is 0 Å². The van der Waals surface area contributed by atoms with E-state index in [0.717, 1.165) is 0 Å².